The molecule has 0 heterocycles. The van der Waals surface area contributed by atoms with E-state index in [2.05, 4.69) is 0 Å². The van der Waals surface area contributed by atoms with Gasteiger partial charge in [-0.15, -0.1) is 0 Å². The summed E-state index contributed by atoms with van der Waals surface area (Å²) >= 11 is 0. The fourth-order valence-electron chi connectivity index (χ4n) is 4.27. The minimum Gasteiger partial charge on any atom is -0.494 e. The summed E-state index contributed by atoms with van der Waals surface area (Å²) in [6.45, 7) is 4.02. The van der Waals surface area contributed by atoms with Crippen LogP contribution in [0.1, 0.15) is 31.4 Å². The Hall–Kier alpha value is -3.75. The number of ether oxygens (including phenoxy) is 4. The van der Waals surface area contributed by atoms with Gasteiger partial charge in [-0.3, -0.25) is 4.79 Å². The second kappa shape index (κ2) is 10.3. The quantitative estimate of drug-likeness (QED) is 0.215. The minimum atomic E-state index is -4.62. The van der Waals surface area contributed by atoms with Crippen molar-refractivity contribution in [1.82, 2.24) is 0 Å². The molecule has 0 saturated heterocycles. The number of rotatable bonds is 10. The summed E-state index contributed by atoms with van der Waals surface area (Å²) in [5.74, 6) is -8.48. The number of alkyl halides is 4. The van der Waals surface area contributed by atoms with Gasteiger partial charge in [0.05, 0.1) is 13.2 Å². The zero-order valence-electron chi connectivity index (χ0n) is 20.3. The zero-order valence-corrected chi connectivity index (χ0v) is 20.3. The summed E-state index contributed by atoms with van der Waals surface area (Å²) in [6, 6.07) is 18.6. The average Bonchev–Trinajstić information content (AvgIpc) is 2.87. The van der Waals surface area contributed by atoms with Crippen molar-refractivity contribution >= 4 is 5.97 Å². The monoisotopic (exact) mass is 518 g/mol. The molecule has 0 N–H and O–H groups in total. The van der Waals surface area contributed by atoms with Gasteiger partial charge >= 0.3 is 17.8 Å². The van der Waals surface area contributed by atoms with Gasteiger partial charge in [-0.2, -0.15) is 17.6 Å². The molecule has 37 heavy (non-hydrogen) atoms. The van der Waals surface area contributed by atoms with Gasteiger partial charge in [-0.25, -0.2) is 0 Å². The molecule has 3 aromatic rings. The van der Waals surface area contributed by atoms with Crippen LogP contribution in [0.3, 0.4) is 0 Å². The van der Waals surface area contributed by atoms with Crippen LogP contribution in [0.2, 0.25) is 0 Å². The first kappa shape index (κ1) is 26.3. The Labute approximate surface area is 211 Å². The van der Waals surface area contributed by atoms with Gasteiger partial charge in [-0.1, -0.05) is 30.3 Å². The molecule has 0 radical (unpaired) electrons. The smallest absolute Gasteiger partial charge is 0.330 e. The van der Waals surface area contributed by atoms with E-state index >= 15 is 0 Å². The van der Waals surface area contributed by atoms with Crippen LogP contribution >= 0.6 is 0 Å². The average molecular weight is 519 g/mol. The van der Waals surface area contributed by atoms with E-state index < -0.39 is 36.3 Å². The minimum absolute atomic E-state index is 0.261. The molecule has 196 valence electrons. The fourth-order valence-corrected chi connectivity index (χ4v) is 4.27. The Kier molecular flexibility index (Phi) is 7.34. The van der Waals surface area contributed by atoms with E-state index in [0.717, 1.165) is 0 Å². The summed E-state index contributed by atoms with van der Waals surface area (Å²) in [7, 11) is 0. The lowest BCUT2D eigenvalue weighted by molar-refractivity contribution is -0.323. The second-order valence-electron chi connectivity index (χ2n) is 8.55. The molecule has 1 saturated carbocycles. The van der Waals surface area contributed by atoms with Crippen molar-refractivity contribution in [3.8, 4) is 23.0 Å². The molecule has 9 heteroatoms. The lowest BCUT2D eigenvalue weighted by Gasteiger charge is -2.51. The van der Waals surface area contributed by atoms with E-state index in [0.29, 0.717) is 41.8 Å². The maximum absolute atomic E-state index is 14.8. The summed E-state index contributed by atoms with van der Waals surface area (Å²) < 4.78 is 79.3. The molecule has 1 aliphatic rings. The first-order valence-electron chi connectivity index (χ1n) is 11.8. The molecule has 1 unspecified atom stereocenters. The number of carbonyl (C=O) groups excluding carboxylic acids is 1. The van der Waals surface area contributed by atoms with Gasteiger partial charge in [0.1, 0.15) is 29.6 Å². The van der Waals surface area contributed by atoms with Crippen LogP contribution in [0.25, 0.3) is 0 Å². The molecule has 0 bridgehead atoms. The molecular formula is C28H26F4O5. The summed E-state index contributed by atoms with van der Waals surface area (Å²) in [4.78, 5) is 13.0. The number of hydrogen-bond acceptors (Lipinski definition) is 5. The third kappa shape index (κ3) is 4.95. The van der Waals surface area contributed by atoms with Crippen molar-refractivity contribution in [3.05, 3.63) is 83.9 Å². The molecule has 3 aromatic carbocycles. The summed E-state index contributed by atoms with van der Waals surface area (Å²) in [5.41, 5.74) is -2.64. The van der Waals surface area contributed by atoms with Crippen LogP contribution in [-0.2, 0) is 21.6 Å². The van der Waals surface area contributed by atoms with E-state index in [1.807, 2.05) is 6.92 Å². The maximum atomic E-state index is 14.8. The molecule has 0 spiro atoms. The Balaban J connectivity index is 1.51. The van der Waals surface area contributed by atoms with Gasteiger partial charge in [0.2, 0.25) is 0 Å². The lowest BCUT2D eigenvalue weighted by atomic mass is 9.58. The number of halogens is 4. The molecule has 1 fully saturated rings. The Morgan fingerprint density at radius 2 is 1.38 bits per heavy atom. The van der Waals surface area contributed by atoms with E-state index in [1.54, 1.807) is 55.5 Å². The molecule has 0 aliphatic heterocycles. The largest absolute Gasteiger partial charge is 0.494 e. The number of benzene rings is 3. The van der Waals surface area contributed by atoms with Gasteiger partial charge in [-0.05, 0) is 61.4 Å². The van der Waals surface area contributed by atoms with Gasteiger partial charge in [0.25, 0.3) is 0 Å². The Morgan fingerprint density at radius 3 is 2.00 bits per heavy atom. The van der Waals surface area contributed by atoms with Crippen LogP contribution in [0.5, 0.6) is 23.0 Å². The molecule has 0 amide bonds. The topological polar surface area (TPSA) is 54.0 Å². The predicted molar refractivity (Wildman–Crippen MR) is 128 cm³/mol. The molecule has 1 aliphatic carbocycles. The van der Waals surface area contributed by atoms with Crippen LogP contribution in [0.15, 0.2) is 72.8 Å². The highest BCUT2D eigenvalue weighted by atomic mass is 19.3. The maximum Gasteiger partial charge on any atom is 0.330 e. The van der Waals surface area contributed by atoms with Crippen molar-refractivity contribution in [2.24, 2.45) is 0 Å². The zero-order chi connectivity index (χ0) is 26.7. The van der Waals surface area contributed by atoms with Crippen molar-refractivity contribution in [2.75, 3.05) is 13.2 Å². The lowest BCUT2D eigenvalue weighted by Crippen LogP contribution is -2.72. The highest BCUT2D eigenvalue weighted by Gasteiger charge is 2.84. The molecule has 4 rings (SSSR count). The number of hydrogen-bond donors (Lipinski definition) is 0. The van der Waals surface area contributed by atoms with E-state index in [4.69, 9.17) is 18.9 Å². The van der Waals surface area contributed by atoms with Gasteiger partial charge in [0.15, 0.2) is 5.41 Å². The van der Waals surface area contributed by atoms with Gasteiger partial charge in [0, 0.05) is 12.5 Å². The predicted octanol–water partition coefficient (Wildman–Crippen LogP) is 6.93. The van der Waals surface area contributed by atoms with Gasteiger partial charge < -0.3 is 18.9 Å². The molecular weight excluding hydrogens is 492 g/mol. The summed E-state index contributed by atoms with van der Waals surface area (Å²) in [6.07, 6.45) is -1.36. The van der Waals surface area contributed by atoms with E-state index in [1.165, 1.54) is 24.3 Å². The van der Waals surface area contributed by atoms with Crippen LogP contribution in [0.4, 0.5) is 17.6 Å². The third-order valence-electron chi connectivity index (χ3n) is 6.11. The van der Waals surface area contributed by atoms with Crippen molar-refractivity contribution in [2.45, 2.75) is 44.1 Å². The normalized spacial score (nSPS) is 19.4. The Morgan fingerprint density at radius 1 is 0.784 bits per heavy atom. The first-order chi connectivity index (χ1) is 17.6. The third-order valence-corrected chi connectivity index (χ3v) is 6.11. The van der Waals surface area contributed by atoms with Crippen LogP contribution in [-0.4, -0.2) is 31.0 Å². The fraction of sp³-hybridized carbons (Fsp3) is 0.321. The van der Waals surface area contributed by atoms with Crippen LogP contribution < -0.4 is 14.2 Å². The van der Waals surface area contributed by atoms with Crippen molar-refractivity contribution < 1.29 is 41.3 Å². The Bertz CT molecular complexity index is 1250. The number of carbonyl (C=O) groups is 1. The molecule has 5 nitrogen and oxygen atoms in total. The van der Waals surface area contributed by atoms with E-state index in [9.17, 15) is 22.4 Å². The molecule has 1 atom stereocenters. The first-order valence-corrected chi connectivity index (χ1v) is 11.8. The molecule has 0 aromatic heterocycles. The highest BCUT2D eigenvalue weighted by Crippen LogP contribution is 2.64. The summed E-state index contributed by atoms with van der Waals surface area (Å²) in [5, 5.41) is 0. The van der Waals surface area contributed by atoms with Crippen molar-refractivity contribution in [1.29, 1.82) is 0 Å². The number of esters is 1. The van der Waals surface area contributed by atoms with Crippen LogP contribution in [0, 0.1) is 0 Å². The van der Waals surface area contributed by atoms with Crippen molar-refractivity contribution in [3.63, 3.8) is 0 Å². The SMILES string of the molecule is CCOc1ccc(C2(C(=O)OCc3cccc(Oc4cccc(OCC)c4)c3)CC(F)(F)C2(F)F)cc1. The highest BCUT2D eigenvalue weighted by molar-refractivity contribution is 5.87. The van der Waals surface area contributed by atoms with E-state index in [-0.39, 0.29) is 5.56 Å². The second-order valence-corrected chi connectivity index (χ2v) is 8.55. The standard InChI is InChI=1S/C28H26F4O5/c1-3-34-21-13-11-20(12-14-21)26(18-27(29,30)28(26,31)32)25(33)36-17-19-7-5-9-23(15-19)37-24-10-6-8-22(16-24)35-4-2/h5-16H,3-4,17-18H2,1-2H3.